The van der Waals surface area contributed by atoms with Gasteiger partial charge in [-0.2, -0.15) is 0 Å². The zero-order valence-electron chi connectivity index (χ0n) is 12.7. The highest BCUT2D eigenvalue weighted by atomic mass is 32.2. The van der Waals surface area contributed by atoms with E-state index in [-0.39, 0.29) is 4.90 Å². The molecule has 0 spiro atoms. The number of rotatable bonds is 5. The van der Waals surface area contributed by atoms with Crippen molar-refractivity contribution in [2.45, 2.75) is 37.0 Å². The lowest BCUT2D eigenvalue weighted by atomic mass is 9.97. The molecule has 0 radical (unpaired) electrons. The molecule has 0 aliphatic heterocycles. The van der Waals surface area contributed by atoms with Crippen LogP contribution in [0, 0.1) is 0 Å². The summed E-state index contributed by atoms with van der Waals surface area (Å²) in [4.78, 5) is 11.3. The molecule has 122 valence electrons. The molecule has 0 saturated carbocycles. The van der Waals surface area contributed by atoms with Gasteiger partial charge in [-0.1, -0.05) is 11.6 Å². The zero-order chi connectivity index (χ0) is 16.3. The highest BCUT2D eigenvalue weighted by Crippen LogP contribution is 2.20. The highest BCUT2D eigenvalue weighted by Gasteiger charge is 2.15. The van der Waals surface area contributed by atoms with Gasteiger partial charge >= 0.3 is 5.63 Å². The van der Waals surface area contributed by atoms with E-state index in [9.17, 15) is 13.2 Å². The molecule has 0 atom stereocenters. The van der Waals surface area contributed by atoms with Crippen LogP contribution in [-0.2, 0) is 10.0 Å². The molecule has 6 heteroatoms. The third kappa shape index (κ3) is 3.89. The van der Waals surface area contributed by atoms with Crippen LogP contribution in [0.4, 0.5) is 0 Å². The molecule has 23 heavy (non-hydrogen) atoms. The van der Waals surface area contributed by atoms with E-state index in [2.05, 4.69) is 10.8 Å². The summed E-state index contributed by atoms with van der Waals surface area (Å²) in [6, 6.07) is 7.32. The molecule has 3 rings (SSSR count). The predicted octanol–water partition coefficient (Wildman–Crippen LogP) is 2.96. The van der Waals surface area contributed by atoms with E-state index in [1.165, 1.54) is 42.7 Å². The number of benzene rings is 1. The Morgan fingerprint density at radius 1 is 1.13 bits per heavy atom. The van der Waals surface area contributed by atoms with Gasteiger partial charge in [0.25, 0.3) is 0 Å². The normalized spacial score (nSPS) is 15.6. The standard InChI is InChI=1S/C17H19NO4S/c19-17-9-6-14-12-15(7-8-16(14)22-17)23(20,21)18-11-10-13-4-2-1-3-5-13/h4,6-9,12,18H,1-3,5,10-11H2. The van der Waals surface area contributed by atoms with Gasteiger partial charge in [0.2, 0.25) is 10.0 Å². The fourth-order valence-corrected chi connectivity index (χ4v) is 3.84. The Hall–Kier alpha value is -1.92. The average Bonchev–Trinajstić information content (AvgIpc) is 2.55. The molecule has 1 aromatic carbocycles. The maximum Gasteiger partial charge on any atom is 0.336 e. The van der Waals surface area contributed by atoms with Crippen molar-refractivity contribution >= 4 is 21.0 Å². The van der Waals surface area contributed by atoms with Crippen molar-refractivity contribution in [3.8, 4) is 0 Å². The summed E-state index contributed by atoms with van der Waals surface area (Å²) in [6.07, 6.45) is 7.54. The van der Waals surface area contributed by atoms with Crippen LogP contribution in [0.1, 0.15) is 32.1 Å². The number of hydrogen-bond acceptors (Lipinski definition) is 4. The quantitative estimate of drug-likeness (QED) is 0.674. The Bertz CT molecular complexity index is 896. The molecule has 1 N–H and O–H groups in total. The van der Waals surface area contributed by atoms with E-state index in [4.69, 9.17) is 4.42 Å². The minimum Gasteiger partial charge on any atom is -0.423 e. The Morgan fingerprint density at radius 2 is 2.00 bits per heavy atom. The molecule has 1 aliphatic carbocycles. The minimum atomic E-state index is -3.56. The van der Waals surface area contributed by atoms with Crippen molar-refractivity contribution in [1.29, 1.82) is 0 Å². The fourth-order valence-electron chi connectivity index (χ4n) is 2.78. The van der Waals surface area contributed by atoms with Crippen molar-refractivity contribution in [2.75, 3.05) is 6.54 Å². The molecule has 0 fully saturated rings. The van der Waals surface area contributed by atoms with Crippen LogP contribution < -0.4 is 10.3 Å². The predicted molar refractivity (Wildman–Crippen MR) is 88.8 cm³/mol. The number of sulfonamides is 1. The van der Waals surface area contributed by atoms with Crippen molar-refractivity contribution in [3.05, 3.63) is 52.4 Å². The van der Waals surface area contributed by atoms with Crippen LogP contribution in [-0.4, -0.2) is 15.0 Å². The summed E-state index contributed by atoms with van der Waals surface area (Å²) in [7, 11) is -3.56. The molecule has 0 saturated heterocycles. The van der Waals surface area contributed by atoms with Gasteiger partial charge < -0.3 is 4.42 Å². The summed E-state index contributed by atoms with van der Waals surface area (Å²) in [6.45, 7) is 0.399. The Labute approximate surface area is 135 Å². The maximum atomic E-state index is 12.4. The summed E-state index contributed by atoms with van der Waals surface area (Å²) in [5.41, 5.74) is 1.26. The third-order valence-electron chi connectivity index (χ3n) is 4.02. The van der Waals surface area contributed by atoms with Crippen LogP contribution in [0.15, 0.2) is 56.1 Å². The summed E-state index contributed by atoms with van der Waals surface area (Å²) in [5.74, 6) is 0. The highest BCUT2D eigenvalue weighted by molar-refractivity contribution is 7.89. The molecular formula is C17H19NO4S. The Morgan fingerprint density at radius 3 is 2.78 bits per heavy atom. The monoisotopic (exact) mass is 333 g/mol. The second kappa shape index (κ2) is 6.68. The molecule has 1 aliphatic rings. The lowest BCUT2D eigenvalue weighted by Gasteiger charge is -2.13. The van der Waals surface area contributed by atoms with Gasteiger partial charge in [0.05, 0.1) is 4.90 Å². The smallest absolute Gasteiger partial charge is 0.336 e. The number of allylic oxidation sites excluding steroid dienone is 1. The largest absolute Gasteiger partial charge is 0.423 e. The SMILES string of the molecule is O=c1ccc2cc(S(=O)(=O)NCCC3=CCCCC3)ccc2o1. The first kappa shape index (κ1) is 16.0. The molecular weight excluding hydrogens is 314 g/mol. The van der Waals surface area contributed by atoms with Gasteiger partial charge in [-0.25, -0.2) is 17.9 Å². The molecule has 1 aromatic heterocycles. The van der Waals surface area contributed by atoms with E-state index < -0.39 is 15.6 Å². The minimum absolute atomic E-state index is 0.177. The molecule has 2 aromatic rings. The fraction of sp³-hybridized carbons (Fsp3) is 0.353. The summed E-state index contributed by atoms with van der Waals surface area (Å²) < 4.78 is 32.4. The second-order valence-corrected chi connectivity index (χ2v) is 7.48. The first-order valence-corrected chi connectivity index (χ1v) is 9.24. The molecule has 5 nitrogen and oxygen atoms in total. The van der Waals surface area contributed by atoms with Gasteiger partial charge in [-0.3, -0.25) is 0 Å². The average molecular weight is 333 g/mol. The van der Waals surface area contributed by atoms with Gasteiger partial charge in [0, 0.05) is 18.0 Å². The van der Waals surface area contributed by atoms with Gasteiger partial charge in [0.15, 0.2) is 0 Å². The Kier molecular flexibility index (Phi) is 4.63. The molecule has 0 amide bonds. The topological polar surface area (TPSA) is 76.4 Å². The van der Waals surface area contributed by atoms with E-state index in [1.54, 1.807) is 6.07 Å². The first-order valence-electron chi connectivity index (χ1n) is 7.76. The van der Waals surface area contributed by atoms with E-state index in [0.717, 1.165) is 19.3 Å². The van der Waals surface area contributed by atoms with Crippen molar-refractivity contribution < 1.29 is 12.8 Å². The van der Waals surface area contributed by atoms with E-state index in [1.807, 2.05) is 0 Å². The van der Waals surface area contributed by atoms with Gasteiger partial charge in [-0.05, 0) is 56.4 Å². The summed E-state index contributed by atoms with van der Waals surface area (Å²) >= 11 is 0. The van der Waals surface area contributed by atoms with Crippen molar-refractivity contribution in [3.63, 3.8) is 0 Å². The second-order valence-electron chi connectivity index (χ2n) is 5.71. The van der Waals surface area contributed by atoms with Crippen molar-refractivity contribution in [2.24, 2.45) is 0 Å². The van der Waals surface area contributed by atoms with Crippen LogP contribution in [0.25, 0.3) is 11.0 Å². The first-order chi connectivity index (χ1) is 11.0. The van der Waals surface area contributed by atoms with E-state index in [0.29, 0.717) is 17.5 Å². The van der Waals surface area contributed by atoms with Gasteiger partial charge in [-0.15, -0.1) is 0 Å². The third-order valence-corrected chi connectivity index (χ3v) is 5.48. The van der Waals surface area contributed by atoms with Crippen molar-refractivity contribution in [1.82, 2.24) is 4.72 Å². The number of hydrogen-bond donors (Lipinski definition) is 1. The van der Waals surface area contributed by atoms with Crippen LogP contribution >= 0.6 is 0 Å². The van der Waals surface area contributed by atoms with Gasteiger partial charge in [0.1, 0.15) is 5.58 Å². The van der Waals surface area contributed by atoms with Crippen LogP contribution in [0.2, 0.25) is 0 Å². The lowest BCUT2D eigenvalue weighted by Crippen LogP contribution is -2.25. The summed E-state index contributed by atoms with van der Waals surface area (Å²) in [5, 5.41) is 0.586. The number of fused-ring (bicyclic) bond motifs is 1. The molecule has 0 unspecified atom stereocenters. The maximum absolute atomic E-state index is 12.4. The Balaban J connectivity index is 1.72. The molecule has 1 heterocycles. The molecule has 0 bridgehead atoms. The lowest BCUT2D eigenvalue weighted by molar-refractivity contribution is 0.560. The van der Waals surface area contributed by atoms with Crippen LogP contribution in [0.3, 0.4) is 0 Å². The zero-order valence-corrected chi connectivity index (χ0v) is 13.6. The van der Waals surface area contributed by atoms with E-state index >= 15 is 0 Å². The number of nitrogens with one attached hydrogen (secondary N) is 1. The van der Waals surface area contributed by atoms with Crippen LogP contribution in [0.5, 0.6) is 0 Å².